The first-order valence-corrected chi connectivity index (χ1v) is 4.05. The summed E-state index contributed by atoms with van der Waals surface area (Å²) in [6.45, 7) is 0. The lowest BCUT2D eigenvalue weighted by Crippen LogP contribution is -1.84. The van der Waals surface area contributed by atoms with Crippen molar-refractivity contribution in [3.05, 3.63) is 42.0 Å². The summed E-state index contributed by atoms with van der Waals surface area (Å²) in [7, 11) is 0. The Balaban J connectivity index is 2.75. The molecule has 0 atom stereocenters. The minimum Gasteiger partial charge on any atom is -0.399 e. The molecule has 0 heterocycles. The third kappa shape index (κ3) is 1.34. The molecule has 1 heteroatoms. The van der Waals surface area contributed by atoms with E-state index in [1.54, 1.807) is 0 Å². The average molecular weight is 167 g/mol. The molecule has 2 N–H and O–H groups in total. The summed E-state index contributed by atoms with van der Waals surface area (Å²) >= 11 is 0. The van der Waals surface area contributed by atoms with E-state index < -0.39 is 0 Å². The van der Waals surface area contributed by atoms with Crippen molar-refractivity contribution in [2.75, 3.05) is 5.73 Å². The fraction of sp³-hybridized carbons (Fsp3) is 0. The summed E-state index contributed by atoms with van der Waals surface area (Å²) in [5, 5.41) is 2.25. The molecule has 2 aromatic carbocycles. The minimum atomic E-state index is 0.779. The van der Waals surface area contributed by atoms with Crippen LogP contribution in [0.4, 0.5) is 5.69 Å². The van der Waals surface area contributed by atoms with Crippen molar-refractivity contribution in [3.8, 4) is 12.3 Å². The molecule has 0 bridgehead atoms. The van der Waals surface area contributed by atoms with E-state index in [-0.39, 0.29) is 0 Å². The zero-order valence-electron chi connectivity index (χ0n) is 7.12. The summed E-state index contributed by atoms with van der Waals surface area (Å²) in [6, 6.07) is 11.7. The number of rotatable bonds is 0. The summed E-state index contributed by atoms with van der Waals surface area (Å²) in [5.74, 6) is 2.60. The summed E-state index contributed by atoms with van der Waals surface area (Å²) in [6.07, 6.45) is 5.30. The molecule has 13 heavy (non-hydrogen) atoms. The highest BCUT2D eigenvalue weighted by atomic mass is 14.5. The summed E-state index contributed by atoms with van der Waals surface area (Å²) in [4.78, 5) is 0. The first kappa shape index (κ1) is 7.70. The van der Waals surface area contributed by atoms with Gasteiger partial charge in [-0.2, -0.15) is 0 Å². The highest BCUT2D eigenvalue weighted by molar-refractivity contribution is 5.86. The molecule has 0 spiro atoms. The third-order valence-corrected chi connectivity index (χ3v) is 2.03. The topological polar surface area (TPSA) is 26.0 Å². The lowest BCUT2D eigenvalue weighted by atomic mass is 10.1. The van der Waals surface area contributed by atoms with Gasteiger partial charge in [0.25, 0.3) is 0 Å². The number of hydrogen-bond acceptors (Lipinski definition) is 1. The normalized spacial score (nSPS) is 9.77. The van der Waals surface area contributed by atoms with Crippen molar-refractivity contribution in [3.63, 3.8) is 0 Å². The standard InChI is InChI=1S/C12H9N/c1-2-9-3-4-11-8-12(13)6-5-10(11)7-9/h1,3-8H,13H2. The van der Waals surface area contributed by atoms with E-state index in [0.717, 1.165) is 22.0 Å². The van der Waals surface area contributed by atoms with Crippen LogP contribution in [0.1, 0.15) is 5.56 Å². The average Bonchev–Trinajstić information content (AvgIpc) is 2.17. The van der Waals surface area contributed by atoms with Crippen molar-refractivity contribution in [2.24, 2.45) is 0 Å². The lowest BCUT2D eigenvalue weighted by Gasteiger charge is -1.99. The largest absolute Gasteiger partial charge is 0.399 e. The highest BCUT2D eigenvalue weighted by Crippen LogP contribution is 2.18. The third-order valence-electron chi connectivity index (χ3n) is 2.03. The van der Waals surface area contributed by atoms with Crippen LogP contribution >= 0.6 is 0 Å². The molecule has 0 fully saturated rings. The van der Waals surface area contributed by atoms with Crippen LogP contribution in [0.5, 0.6) is 0 Å². The Morgan fingerprint density at radius 2 is 1.69 bits per heavy atom. The van der Waals surface area contributed by atoms with Crippen LogP contribution in [0.15, 0.2) is 36.4 Å². The quantitative estimate of drug-likeness (QED) is 0.473. The second-order valence-electron chi connectivity index (χ2n) is 2.97. The van der Waals surface area contributed by atoms with Gasteiger partial charge in [-0.05, 0) is 35.0 Å². The number of hydrogen-bond donors (Lipinski definition) is 1. The van der Waals surface area contributed by atoms with Crippen molar-refractivity contribution < 1.29 is 0 Å². The van der Waals surface area contributed by atoms with Crippen molar-refractivity contribution in [1.82, 2.24) is 0 Å². The predicted octanol–water partition coefficient (Wildman–Crippen LogP) is 2.40. The molecule has 0 saturated heterocycles. The van der Waals surface area contributed by atoms with Gasteiger partial charge >= 0.3 is 0 Å². The molecule has 62 valence electrons. The molecule has 0 aliphatic heterocycles. The molecule has 0 aliphatic carbocycles. The molecule has 0 aromatic heterocycles. The van der Waals surface area contributed by atoms with E-state index in [9.17, 15) is 0 Å². The molecule has 2 aromatic rings. The molecule has 0 unspecified atom stereocenters. The highest BCUT2D eigenvalue weighted by Gasteiger charge is 1.94. The second kappa shape index (κ2) is 2.84. The Labute approximate surface area is 77.2 Å². The van der Waals surface area contributed by atoms with E-state index in [4.69, 9.17) is 12.2 Å². The molecule has 2 rings (SSSR count). The van der Waals surface area contributed by atoms with Crippen LogP contribution in [-0.2, 0) is 0 Å². The maximum Gasteiger partial charge on any atom is 0.0320 e. The van der Waals surface area contributed by atoms with Gasteiger partial charge < -0.3 is 5.73 Å². The Morgan fingerprint density at radius 3 is 2.46 bits per heavy atom. The maximum atomic E-state index is 5.65. The molecule has 0 radical (unpaired) electrons. The number of benzene rings is 2. The number of nitrogens with two attached hydrogens (primary N) is 1. The zero-order chi connectivity index (χ0) is 9.26. The molecular formula is C12H9N. The van der Waals surface area contributed by atoms with Crippen LogP contribution in [0.3, 0.4) is 0 Å². The molecule has 0 amide bonds. The fourth-order valence-electron chi connectivity index (χ4n) is 1.35. The smallest absolute Gasteiger partial charge is 0.0320 e. The van der Waals surface area contributed by atoms with Crippen molar-refractivity contribution in [1.29, 1.82) is 0 Å². The van der Waals surface area contributed by atoms with Gasteiger partial charge in [-0.1, -0.05) is 18.1 Å². The van der Waals surface area contributed by atoms with E-state index in [0.29, 0.717) is 0 Å². The van der Waals surface area contributed by atoms with Crippen molar-refractivity contribution >= 4 is 16.5 Å². The Bertz CT molecular complexity index is 492. The minimum absolute atomic E-state index is 0.779. The Morgan fingerprint density at radius 1 is 1.00 bits per heavy atom. The number of terminal acetylenes is 1. The van der Waals surface area contributed by atoms with Gasteiger partial charge in [0, 0.05) is 11.3 Å². The van der Waals surface area contributed by atoms with Crippen LogP contribution < -0.4 is 5.73 Å². The Hall–Kier alpha value is -1.94. The van der Waals surface area contributed by atoms with Gasteiger partial charge in [0.1, 0.15) is 0 Å². The molecule has 0 saturated carbocycles. The number of anilines is 1. The van der Waals surface area contributed by atoms with E-state index in [1.165, 1.54) is 0 Å². The lowest BCUT2D eigenvalue weighted by molar-refractivity contribution is 1.69. The van der Waals surface area contributed by atoms with Crippen LogP contribution in [-0.4, -0.2) is 0 Å². The van der Waals surface area contributed by atoms with Crippen LogP contribution in [0.2, 0.25) is 0 Å². The van der Waals surface area contributed by atoms with Gasteiger partial charge in [-0.3, -0.25) is 0 Å². The van der Waals surface area contributed by atoms with Gasteiger partial charge in [0.2, 0.25) is 0 Å². The molecule has 0 aliphatic rings. The SMILES string of the molecule is C#Cc1ccc2cc(N)ccc2c1. The van der Waals surface area contributed by atoms with E-state index in [1.807, 2.05) is 36.4 Å². The molecular weight excluding hydrogens is 158 g/mol. The summed E-state index contributed by atoms with van der Waals surface area (Å²) in [5.41, 5.74) is 7.33. The first-order valence-electron chi connectivity index (χ1n) is 4.05. The van der Waals surface area contributed by atoms with Gasteiger partial charge in [0.05, 0.1) is 0 Å². The zero-order valence-corrected chi connectivity index (χ0v) is 7.12. The number of nitrogen functional groups attached to an aromatic ring is 1. The fourth-order valence-corrected chi connectivity index (χ4v) is 1.35. The van der Waals surface area contributed by atoms with Crippen molar-refractivity contribution in [2.45, 2.75) is 0 Å². The predicted molar refractivity (Wildman–Crippen MR) is 56.3 cm³/mol. The van der Waals surface area contributed by atoms with E-state index in [2.05, 4.69) is 5.92 Å². The summed E-state index contributed by atoms with van der Waals surface area (Å²) < 4.78 is 0. The van der Waals surface area contributed by atoms with Gasteiger partial charge in [0.15, 0.2) is 0 Å². The molecule has 1 nitrogen and oxygen atoms in total. The van der Waals surface area contributed by atoms with Gasteiger partial charge in [-0.25, -0.2) is 0 Å². The van der Waals surface area contributed by atoms with Gasteiger partial charge in [-0.15, -0.1) is 6.42 Å². The van der Waals surface area contributed by atoms with Crippen LogP contribution in [0.25, 0.3) is 10.8 Å². The van der Waals surface area contributed by atoms with Crippen LogP contribution in [0, 0.1) is 12.3 Å². The Kier molecular flexibility index (Phi) is 1.68. The first-order chi connectivity index (χ1) is 6.29. The monoisotopic (exact) mass is 167 g/mol. The maximum absolute atomic E-state index is 5.65. The number of fused-ring (bicyclic) bond motifs is 1. The second-order valence-corrected chi connectivity index (χ2v) is 2.97. The van der Waals surface area contributed by atoms with E-state index >= 15 is 0 Å².